The van der Waals surface area contributed by atoms with Crippen molar-refractivity contribution >= 4 is 17.9 Å². The van der Waals surface area contributed by atoms with Gasteiger partial charge in [0.2, 0.25) is 0 Å². The second kappa shape index (κ2) is 5.16. The van der Waals surface area contributed by atoms with Crippen LogP contribution >= 0.6 is 0 Å². The molecule has 0 unspecified atom stereocenters. The maximum absolute atomic E-state index is 13.8. The van der Waals surface area contributed by atoms with Crippen LogP contribution in [-0.2, 0) is 16.1 Å². The molecule has 0 aliphatic carbocycles. The average molecular weight is 294 g/mol. The third-order valence-corrected chi connectivity index (χ3v) is 3.22. The summed E-state index contributed by atoms with van der Waals surface area (Å²) >= 11 is 0. The van der Waals surface area contributed by atoms with Gasteiger partial charge in [-0.1, -0.05) is 6.07 Å². The lowest BCUT2D eigenvalue weighted by Crippen LogP contribution is -2.40. The SMILES string of the molecule is COC(=O)c1ccc(CN2C(=O)NC(C)(C)C2=O)cc1F. The van der Waals surface area contributed by atoms with Gasteiger partial charge in [0.15, 0.2) is 0 Å². The topological polar surface area (TPSA) is 75.7 Å². The largest absolute Gasteiger partial charge is 0.465 e. The number of amides is 3. The van der Waals surface area contributed by atoms with Crippen LogP contribution in [0, 0.1) is 5.82 Å². The summed E-state index contributed by atoms with van der Waals surface area (Å²) < 4.78 is 18.2. The molecule has 0 saturated carbocycles. The van der Waals surface area contributed by atoms with E-state index in [9.17, 15) is 18.8 Å². The fraction of sp³-hybridized carbons (Fsp3) is 0.357. The highest BCUT2D eigenvalue weighted by molar-refractivity contribution is 6.06. The molecule has 1 heterocycles. The summed E-state index contributed by atoms with van der Waals surface area (Å²) in [6, 6.07) is 3.32. The standard InChI is InChI=1S/C14H15FN2O4/c1-14(2)12(19)17(13(20)16-14)7-8-4-5-9(10(15)6-8)11(18)21-3/h4-6H,7H2,1-3H3,(H,16,20). The van der Waals surface area contributed by atoms with E-state index in [1.165, 1.54) is 12.1 Å². The molecule has 1 aromatic rings. The van der Waals surface area contributed by atoms with Crippen LogP contribution in [0.5, 0.6) is 0 Å². The summed E-state index contributed by atoms with van der Waals surface area (Å²) in [4.78, 5) is 36.1. The number of benzene rings is 1. The third-order valence-electron chi connectivity index (χ3n) is 3.22. The van der Waals surface area contributed by atoms with Gasteiger partial charge in [-0.25, -0.2) is 14.0 Å². The molecular weight excluding hydrogens is 279 g/mol. The molecule has 0 aromatic heterocycles. The Labute approximate surface area is 120 Å². The van der Waals surface area contributed by atoms with Crippen LogP contribution in [-0.4, -0.2) is 35.5 Å². The van der Waals surface area contributed by atoms with Gasteiger partial charge in [-0.15, -0.1) is 0 Å². The molecule has 0 atom stereocenters. The van der Waals surface area contributed by atoms with Gasteiger partial charge in [0.05, 0.1) is 19.2 Å². The number of carbonyl (C=O) groups excluding carboxylic acids is 3. The Morgan fingerprint density at radius 3 is 2.52 bits per heavy atom. The lowest BCUT2D eigenvalue weighted by Gasteiger charge is -2.16. The molecular formula is C14H15FN2O4. The highest BCUT2D eigenvalue weighted by Crippen LogP contribution is 2.20. The molecule has 1 saturated heterocycles. The third kappa shape index (κ3) is 2.72. The van der Waals surface area contributed by atoms with Gasteiger partial charge >= 0.3 is 12.0 Å². The summed E-state index contributed by atoms with van der Waals surface area (Å²) in [5.74, 6) is -1.93. The van der Waals surface area contributed by atoms with E-state index < -0.39 is 23.4 Å². The van der Waals surface area contributed by atoms with E-state index in [4.69, 9.17) is 0 Å². The molecule has 1 N–H and O–H groups in total. The Morgan fingerprint density at radius 1 is 1.38 bits per heavy atom. The summed E-state index contributed by atoms with van der Waals surface area (Å²) in [5, 5.41) is 2.54. The van der Waals surface area contributed by atoms with E-state index in [1.807, 2.05) is 0 Å². The molecule has 1 fully saturated rings. The minimum atomic E-state index is -0.971. The molecule has 21 heavy (non-hydrogen) atoms. The maximum atomic E-state index is 13.8. The van der Waals surface area contributed by atoms with Crippen LogP contribution in [0.25, 0.3) is 0 Å². The number of nitrogens with one attached hydrogen (secondary N) is 1. The lowest BCUT2D eigenvalue weighted by atomic mass is 10.1. The zero-order valence-corrected chi connectivity index (χ0v) is 11.9. The van der Waals surface area contributed by atoms with E-state index in [0.29, 0.717) is 5.56 Å². The van der Waals surface area contributed by atoms with Crippen LogP contribution in [0.4, 0.5) is 9.18 Å². The predicted molar refractivity (Wildman–Crippen MR) is 70.9 cm³/mol. The Bertz CT molecular complexity index is 627. The van der Waals surface area contributed by atoms with Crippen molar-refractivity contribution in [1.82, 2.24) is 10.2 Å². The number of ether oxygens (including phenoxy) is 1. The molecule has 0 bridgehead atoms. The Morgan fingerprint density at radius 2 is 2.05 bits per heavy atom. The summed E-state index contributed by atoms with van der Waals surface area (Å²) in [6.07, 6.45) is 0. The van der Waals surface area contributed by atoms with E-state index in [1.54, 1.807) is 13.8 Å². The first-order valence-electron chi connectivity index (χ1n) is 6.27. The van der Waals surface area contributed by atoms with Crippen LogP contribution in [0.1, 0.15) is 29.8 Å². The average Bonchev–Trinajstić information content (AvgIpc) is 2.60. The number of imide groups is 1. The van der Waals surface area contributed by atoms with Crippen molar-refractivity contribution in [3.8, 4) is 0 Å². The summed E-state index contributed by atoms with van der Waals surface area (Å²) in [5.41, 5.74) is -0.762. The summed E-state index contributed by atoms with van der Waals surface area (Å²) in [6.45, 7) is 3.12. The van der Waals surface area contributed by atoms with Crippen molar-refractivity contribution in [1.29, 1.82) is 0 Å². The highest BCUT2D eigenvalue weighted by Gasteiger charge is 2.44. The Balaban J connectivity index is 2.22. The van der Waals surface area contributed by atoms with Crippen molar-refractivity contribution < 1.29 is 23.5 Å². The second-order valence-electron chi connectivity index (χ2n) is 5.25. The fourth-order valence-corrected chi connectivity index (χ4v) is 2.08. The van der Waals surface area contributed by atoms with E-state index in [-0.39, 0.29) is 18.0 Å². The molecule has 6 nitrogen and oxygen atoms in total. The number of nitrogens with zero attached hydrogens (tertiary/aromatic N) is 1. The van der Waals surface area contributed by atoms with Crippen LogP contribution in [0.3, 0.4) is 0 Å². The summed E-state index contributed by atoms with van der Waals surface area (Å²) in [7, 11) is 1.16. The quantitative estimate of drug-likeness (QED) is 0.676. The van der Waals surface area contributed by atoms with Gasteiger partial charge < -0.3 is 10.1 Å². The first-order valence-corrected chi connectivity index (χ1v) is 6.27. The number of rotatable bonds is 3. The molecule has 1 aromatic carbocycles. The van der Waals surface area contributed by atoms with Crippen molar-refractivity contribution in [3.05, 3.63) is 35.1 Å². The van der Waals surface area contributed by atoms with Gasteiger partial charge in [-0.2, -0.15) is 0 Å². The number of methoxy groups -OCH3 is 1. The number of esters is 1. The van der Waals surface area contributed by atoms with Crippen molar-refractivity contribution in [2.45, 2.75) is 25.9 Å². The molecule has 0 radical (unpaired) electrons. The van der Waals surface area contributed by atoms with Crippen LogP contribution in [0.2, 0.25) is 0 Å². The van der Waals surface area contributed by atoms with E-state index >= 15 is 0 Å². The minimum absolute atomic E-state index is 0.0630. The van der Waals surface area contributed by atoms with Crippen molar-refractivity contribution in [3.63, 3.8) is 0 Å². The molecule has 1 aliphatic heterocycles. The maximum Gasteiger partial charge on any atom is 0.340 e. The van der Waals surface area contributed by atoms with Crippen LogP contribution in [0.15, 0.2) is 18.2 Å². The zero-order chi connectivity index (χ0) is 15.8. The van der Waals surface area contributed by atoms with Crippen molar-refractivity contribution in [2.75, 3.05) is 7.11 Å². The molecule has 3 amide bonds. The van der Waals surface area contributed by atoms with E-state index in [0.717, 1.165) is 18.1 Å². The highest BCUT2D eigenvalue weighted by atomic mass is 19.1. The zero-order valence-electron chi connectivity index (χ0n) is 11.9. The first-order chi connectivity index (χ1) is 9.76. The van der Waals surface area contributed by atoms with Crippen molar-refractivity contribution in [2.24, 2.45) is 0 Å². The monoisotopic (exact) mass is 294 g/mol. The smallest absolute Gasteiger partial charge is 0.340 e. The number of hydrogen-bond acceptors (Lipinski definition) is 4. The van der Waals surface area contributed by atoms with Crippen LogP contribution < -0.4 is 5.32 Å². The fourth-order valence-electron chi connectivity index (χ4n) is 2.08. The normalized spacial score (nSPS) is 16.9. The molecule has 112 valence electrons. The predicted octanol–water partition coefficient (Wildman–Crippen LogP) is 1.44. The molecule has 0 spiro atoms. The molecule has 1 aliphatic rings. The number of halogens is 1. The molecule has 2 rings (SSSR count). The minimum Gasteiger partial charge on any atom is -0.465 e. The van der Waals surface area contributed by atoms with Gasteiger partial charge in [0.25, 0.3) is 5.91 Å². The Kier molecular flexibility index (Phi) is 3.67. The lowest BCUT2D eigenvalue weighted by molar-refractivity contribution is -0.130. The van der Waals surface area contributed by atoms with Gasteiger partial charge in [-0.3, -0.25) is 9.69 Å². The van der Waals surface area contributed by atoms with Gasteiger partial charge in [0, 0.05) is 0 Å². The van der Waals surface area contributed by atoms with Gasteiger partial charge in [-0.05, 0) is 31.5 Å². The Hall–Kier alpha value is -2.44. The number of carbonyl (C=O) groups is 3. The first kappa shape index (κ1) is 15.0. The number of urea groups is 1. The number of hydrogen-bond donors (Lipinski definition) is 1. The van der Waals surface area contributed by atoms with E-state index in [2.05, 4.69) is 10.1 Å². The van der Waals surface area contributed by atoms with Gasteiger partial charge in [0.1, 0.15) is 11.4 Å². The molecule has 7 heteroatoms. The second-order valence-corrected chi connectivity index (χ2v) is 5.25.